The van der Waals surface area contributed by atoms with Crippen LogP contribution in [0.5, 0.6) is 0 Å². The molecular weight excluding hydrogens is 410 g/mol. The number of rotatable bonds is 7. The molecule has 166 valence electrons. The molecule has 0 saturated carbocycles. The van der Waals surface area contributed by atoms with Gasteiger partial charge in [0.15, 0.2) is 0 Å². The number of nitrogens with zero attached hydrogens (tertiary/aromatic N) is 7. The van der Waals surface area contributed by atoms with Crippen LogP contribution in [0.4, 0.5) is 17.3 Å². The van der Waals surface area contributed by atoms with E-state index in [0.717, 1.165) is 11.4 Å². The first-order valence-corrected chi connectivity index (χ1v) is 10.5. The number of anilines is 2. The molecule has 2 atom stereocenters. The lowest BCUT2D eigenvalue weighted by Gasteiger charge is -2.36. The molecule has 1 aliphatic rings. The van der Waals surface area contributed by atoms with Crippen LogP contribution in [0.15, 0.2) is 55.1 Å². The van der Waals surface area contributed by atoms with E-state index in [1.807, 2.05) is 60.0 Å². The van der Waals surface area contributed by atoms with E-state index in [4.69, 9.17) is 4.74 Å². The minimum atomic E-state index is -0.403. The van der Waals surface area contributed by atoms with E-state index in [0.29, 0.717) is 32.0 Å². The first kappa shape index (κ1) is 21.6. The molecule has 2 unspecified atom stereocenters. The average molecular weight is 435 g/mol. The molecule has 0 amide bonds. The van der Waals surface area contributed by atoms with E-state index in [-0.39, 0.29) is 23.7 Å². The fourth-order valence-corrected chi connectivity index (χ4v) is 3.92. The summed E-state index contributed by atoms with van der Waals surface area (Å²) in [5, 5.41) is 12.3. The van der Waals surface area contributed by atoms with Crippen molar-refractivity contribution in [1.29, 1.82) is 0 Å². The average Bonchev–Trinajstić information content (AvgIpc) is 2.79. The van der Waals surface area contributed by atoms with Crippen LogP contribution in [0, 0.1) is 10.1 Å². The van der Waals surface area contributed by atoms with Crippen LogP contribution in [0.1, 0.15) is 25.2 Å². The maximum atomic E-state index is 12.3. The third-order valence-electron chi connectivity index (χ3n) is 5.14. The van der Waals surface area contributed by atoms with Crippen molar-refractivity contribution in [3.05, 3.63) is 76.6 Å². The molecule has 4 rings (SSSR count). The highest BCUT2D eigenvalue weighted by atomic mass is 16.6. The SMILES string of the molecule is CC1CN(c2ncnc(N(Cc3ccccn3)Cc3ccccn3)c2[N+](=O)[O-])CC(C)O1. The van der Waals surface area contributed by atoms with Gasteiger partial charge < -0.3 is 14.5 Å². The summed E-state index contributed by atoms with van der Waals surface area (Å²) in [5.41, 5.74) is 1.42. The Balaban J connectivity index is 1.76. The van der Waals surface area contributed by atoms with Gasteiger partial charge in [-0.1, -0.05) is 12.1 Å². The van der Waals surface area contributed by atoms with E-state index < -0.39 is 4.92 Å². The third-order valence-corrected chi connectivity index (χ3v) is 5.14. The van der Waals surface area contributed by atoms with Crippen LogP contribution >= 0.6 is 0 Å². The number of hydrogen-bond acceptors (Lipinski definition) is 9. The van der Waals surface area contributed by atoms with Crippen LogP contribution in [-0.4, -0.2) is 50.2 Å². The predicted molar refractivity (Wildman–Crippen MR) is 119 cm³/mol. The molecule has 32 heavy (non-hydrogen) atoms. The zero-order valence-corrected chi connectivity index (χ0v) is 18.0. The van der Waals surface area contributed by atoms with Gasteiger partial charge in [-0.15, -0.1) is 0 Å². The van der Waals surface area contributed by atoms with Crippen molar-refractivity contribution in [2.45, 2.75) is 39.1 Å². The van der Waals surface area contributed by atoms with Gasteiger partial charge >= 0.3 is 5.69 Å². The third kappa shape index (κ3) is 4.97. The number of aromatic nitrogens is 4. The lowest BCUT2D eigenvalue weighted by Crippen LogP contribution is -2.46. The van der Waals surface area contributed by atoms with Gasteiger partial charge in [0.1, 0.15) is 6.33 Å². The first-order valence-electron chi connectivity index (χ1n) is 10.5. The molecule has 10 nitrogen and oxygen atoms in total. The highest BCUT2D eigenvalue weighted by molar-refractivity contribution is 5.71. The zero-order chi connectivity index (χ0) is 22.5. The van der Waals surface area contributed by atoms with Crippen molar-refractivity contribution >= 4 is 17.3 Å². The molecule has 1 saturated heterocycles. The molecule has 10 heteroatoms. The number of pyridine rings is 2. The van der Waals surface area contributed by atoms with Crippen LogP contribution in [-0.2, 0) is 17.8 Å². The Morgan fingerprint density at radius 2 is 1.59 bits per heavy atom. The van der Waals surface area contributed by atoms with Crippen LogP contribution in [0.25, 0.3) is 0 Å². The summed E-state index contributed by atoms with van der Waals surface area (Å²) in [6, 6.07) is 11.2. The molecule has 0 radical (unpaired) electrons. The quantitative estimate of drug-likeness (QED) is 0.408. The Morgan fingerprint density at radius 1 is 1.00 bits per heavy atom. The summed E-state index contributed by atoms with van der Waals surface area (Å²) < 4.78 is 5.79. The van der Waals surface area contributed by atoms with Crippen LogP contribution in [0.3, 0.4) is 0 Å². The topological polar surface area (TPSA) is 110 Å². The smallest absolute Gasteiger partial charge is 0.353 e. The number of hydrogen-bond donors (Lipinski definition) is 0. The summed E-state index contributed by atoms with van der Waals surface area (Å²) in [5.74, 6) is 0.539. The minimum Gasteiger partial charge on any atom is -0.372 e. The first-order chi connectivity index (χ1) is 15.5. The molecule has 3 aromatic heterocycles. The normalized spacial score (nSPS) is 18.4. The van der Waals surface area contributed by atoms with Gasteiger partial charge in [-0.05, 0) is 38.1 Å². The Labute approximate surface area is 186 Å². The van der Waals surface area contributed by atoms with Gasteiger partial charge in [-0.2, -0.15) is 0 Å². The van der Waals surface area contributed by atoms with Crippen molar-refractivity contribution in [1.82, 2.24) is 19.9 Å². The second-order valence-corrected chi connectivity index (χ2v) is 7.79. The van der Waals surface area contributed by atoms with Crippen LogP contribution in [0.2, 0.25) is 0 Å². The lowest BCUT2D eigenvalue weighted by atomic mass is 10.2. The lowest BCUT2D eigenvalue weighted by molar-refractivity contribution is -0.383. The molecule has 0 bridgehead atoms. The summed E-state index contributed by atoms with van der Waals surface area (Å²) in [6.45, 7) is 5.61. The maximum Gasteiger partial charge on any atom is 0.353 e. The second kappa shape index (κ2) is 9.65. The summed E-state index contributed by atoms with van der Waals surface area (Å²) in [4.78, 5) is 33.0. The van der Waals surface area contributed by atoms with Crippen molar-refractivity contribution < 1.29 is 9.66 Å². The highest BCUT2D eigenvalue weighted by Gasteiger charge is 2.33. The van der Waals surface area contributed by atoms with Crippen LogP contribution < -0.4 is 9.80 Å². The minimum absolute atomic E-state index is 0.0603. The van der Waals surface area contributed by atoms with E-state index in [1.54, 1.807) is 12.4 Å². The fourth-order valence-electron chi connectivity index (χ4n) is 3.92. The second-order valence-electron chi connectivity index (χ2n) is 7.79. The number of ether oxygens (including phenoxy) is 1. The Morgan fingerprint density at radius 3 is 2.09 bits per heavy atom. The zero-order valence-electron chi connectivity index (χ0n) is 18.0. The number of nitro groups is 1. The summed E-state index contributed by atoms with van der Waals surface area (Å²) >= 11 is 0. The largest absolute Gasteiger partial charge is 0.372 e. The fraction of sp³-hybridized carbons (Fsp3) is 0.364. The van der Waals surface area contributed by atoms with Crippen molar-refractivity contribution in [3.63, 3.8) is 0 Å². The van der Waals surface area contributed by atoms with Gasteiger partial charge in [0.25, 0.3) is 0 Å². The monoisotopic (exact) mass is 435 g/mol. The van der Waals surface area contributed by atoms with E-state index in [9.17, 15) is 10.1 Å². The standard InChI is InChI=1S/C22H25N7O3/c1-16-11-27(12-17(2)32-16)21-20(29(30)31)22(26-15-25-21)28(13-18-7-3-5-9-23-18)14-19-8-4-6-10-24-19/h3-10,15-17H,11-14H2,1-2H3. The summed E-state index contributed by atoms with van der Waals surface area (Å²) in [6.07, 6.45) is 4.66. The molecule has 0 aliphatic carbocycles. The van der Waals surface area contributed by atoms with Gasteiger partial charge in [-0.25, -0.2) is 9.97 Å². The summed E-state index contributed by atoms with van der Waals surface area (Å²) in [7, 11) is 0. The van der Waals surface area contributed by atoms with Gasteiger partial charge in [0.05, 0.1) is 41.6 Å². The predicted octanol–water partition coefficient (Wildman–Crippen LogP) is 3.00. The van der Waals surface area contributed by atoms with E-state index >= 15 is 0 Å². The highest BCUT2D eigenvalue weighted by Crippen LogP contribution is 2.36. The molecule has 1 fully saturated rings. The Bertz CT molecular complexity index is 1000. The molecular formula is C22H25N7O3. The molecule has 1 aliphatic heterocycles. The Hall–Kier alpha value is -3.66. The molecule has 0 spiro atoms. The number of morpholine rings is 1. The van der Waals surface area contributed by atoms with Crippen molar-refractivity contribution in [3.8, 4) is 0 Å². The van der Waals surface area contributed by atoms with Crippen molar-refractivity contribution in [2.24, 2.45) is 0 Å². The Kier molecular flexibility index (Phi) is 6.50. The van der Waals surface area contributed by atoms with Gasteiger partial charge in [-0.3, -0.25) is 20.1 Å². The van der Waals surface area contributed by atoms with E-state index in [2.05, 4.69) is 19.9 Å². The molecule has 3 aromatic rings. The van der Waals surface area contributed by atoms with Gasteiger partial charge in [0, 0.05) is 25.5 Å². The molecule has 0 aromatic carbocycles. The molecule has 0 N–H and O–H groups in total. The van der Waals surface area contributed by atoms with E-state index in [1.165, 1.54) is 6.33 Å². The molecule has 4 heterocycles. The maximum absolute atomic E-state index is 12.3. The van der Waals surface area contributed by atoms with Gasteiger partial charge in [0.2, 0.25) is 11.6 Å². The van der Waals surface area contributed by atoms with Crippen molar-refractivity contribution in [2.75, 3.05) is 22.9 Å².